The normalized spacial score (nSPS) is 19.9. The summed E-state index contributed by atoms with van der Waals surface area (Å²) in [6.07, 6.45) is 0.450. The van der Waals surface area contributed by atoms with Crippen LogP contribution in [0.3, 0.4) is 0 Å². The summed E-state index contributed by atoms with van der Waals surface area (Å²) in [5, 5.41) is 0.996. The van der Waals surface area contributed by atoms with E-state index in [0.717, 1.165) is 5.56 Å². The maximum absolute atomic E-state index is 11.6. The van der Waals surface area contributed by atoms with E-state index in [4.69, 9.17) is 28.9 Å². The van der Waals surface area contributed by atoms with Gasteiger partial charge >= 0.3 is 0 Å². The SMILES string of the molecule is NCC1CC(=O)c2c(Cl)cc(Cl)cc21. The summed E-state index contributed by atoms with van der Waals surface area (Å²) in [7, 11) is 0. The highest BCUT2D eigenvalue weighted by atomic mass is 35.5. The molecular weight excluding hydrogens is 221 g/mol. The summed E-state index contributed by atoms with van der Waals surface area (Å²) in [4.78, 5) is 11.6. The van der Waals surface area contributed by atoms with Crippen molar-refractivity contribution in [3.63, 3.8) is 0 Å². The largest absolute Gasteiger partial charge is 0.330 e. The van der Waals surface area contributed by atoms with E-state index in [1.807, 2.05) is 0 Å². The number of ketones is 1. The first-order valence-electron chi connectivity index (χ1n) is 4.35. The number of nitrogens with two attached hydrogens (primary N) is 1. The highest BCUT2D eigenvalue weighted by molar-refractivity contribution is 6.37. The molecule has 0 saturated carbocycles. The van der Waals surface area contributed by atoms with Crippen molar-refractivity contribution >= 4 is 29.0 Å². The van der Waals surface area contributed by atoms with Crippen LogP contribution in [-0.4, -0.2) is 12.3 Å². The minimum absolute atomic E-state index is 0.0668. The van der Waals surface area contributed by atoms with E-state index in [-0.39, 0.29) is 11.7 Å². The van der Waals surface area contributed by atoms with Crippen LogP contribution in [0.25, 0.3) is 0 Å². The number of hydrogen-bond acceptors (Lipinski definition) is 2. The summed E-state index contributed by atoms with van der Waals surface area (Å²) in [5.74, 6) is 0.144. The van der Waals surface area contributed by atoms with E-state index in [1.165, 1.54) is 0 Å². The number of halogens is 2. The van der Waals surface area contributed by atoms with Crippen molar-refractivity contribution in [2.75, 3.05) is 6.54 Å². The molecule has 14 heavy (non-hydrogen) atoms. The molecule has 1 aromatic rings. The van der Waals surface area contributed by atoms with Crippen LogP contribution in [0.5, 0.6) is 0 Å². The number of hydrogen-bond donors (Lipinski definition) is 1. The van der Waals surface area contributed by atoms with Crippen molar-refractivity contribution in [3.05, 3.63) is 33.3 Å². The van der Waals surface area contributed by atoms with Gasteiger partial charge in [0.25, 0.3) is 0 Å². The van der Waals surface area contributed by atoms with Gasteiger partial charge in [-0.25, -0.2) is 0 Å². The van der Waals surface area contributed by atoms with Crippen LogP contribution in [0, 0.1) is 0 Å². The Kier molecular flexibility index (Phi) is 2.52. The molecule has 4 heteroatoms. The molecule has 2 rings (SSSR count). The van der Waals surface area contributed by atoms with Crippen LogP contribution in [0.15, 0.2) is 12.1 Å². The lowest BCUT2D eigenvalue weighted by Gasteiger charge is -2.07. The van der Waals surface area contributed by atoms with E-state index >= 15 is 0 Å². The third-order valence-electron chi connectivity index (χ3n) is 2.52. The number of carbonyl (C=O) groups is 1. The van der Waals surface area contributed by atoms with Gasteiger partial charge in [-0.2, -0.15) is 0 Å². The summed E-state index contributed by atoms with van der Waals surface area (Å²) in [6.45, 7) is 0.454. The topological polar surface area (TPSA) is 43.1 Å². The lowest BCUT2D eigenvalue weighted by Crippen LogP contribution is -2.09. The van der Waals surface area contributed by atoms with Crippen LogP contribution in [0.4, 0.5) is 0 Å². The second-order valence-electron chi connectivity index (χ2n) is 3.41. The molecule has 1 aliphatic carbocycles. The molecule has 0 amide bonds. The van der Waals surface area contributed by atoms with E-state index in [9.17, 15) is 4.79 Å². The van der Waals surface area contributed by atoms with E-state index in [1.54, 1.807) is 12.1 Å². The van der Waals surface area contributed by atoms with E-state index in [0.29, 0.717) is 28.6 Å². The number of Topliss-reactive ketones (excluding diaryl/α,β-unsaturated/α-hetero) is 1. The molecule has 0 bridgehead atoms. The van der Waals surface area contributed by atoms with Gasteiger partial charge in [-0.15, -0.1) is 0 Å². The molecule has 0 aliphatic heterocycles. The second kappa shape index (κ2) is 3.54. The Labute approximate surface area is 92.0 Å². The van der Waals surface area contributed by atoms with Crippen LogP contribution in [0.2, 0.25) is 10.0 Å². The average Bonchev–Trinajstić information content (AvgIpc) is 2.42. The zero-order valence-corrected chi connectivity index (χ0v) is 8.90. The molecule has 0 aromatic heterocycles. The van der Waals surface area contributed by atoms with Crippen LogP contribution in [0.1, 0.15) is 28.3 Å². The zero-order chi connectivity index (χ0) is 10.3. The lowest BCUT2D eigenvalue weighted by molar-refractivity contribution is 0.0989. The van der Waals surface area contributed by atoms with Crippen molar-refractivity contribution in [3.8, 4) is 0 Å². The van der Waals surface area contributed by atoms with Crippen molar-refractivity contribution in [1.29, 1.82) is 0 Å². The first-order valence-corrected chi connectivity index (χ1v) is 5.11. The van der Waals surface area contributed by atoms with Gasteiger partial charge in [0.05, 0.1) is 5.02 Å². The minimum Gasteiger partial charge on any atom is -0.330 e. The first-order chi connectivity index (χ1) is 6.63. The van der Waals surface area contributed by atoms with Gasteiger partial charge in [-0.1, -0.05) is 23.2 Å². The van der Waals surface area contributed by atoms with E-state index < -0.39 is 0 Å². The highest BCUT2D eigenvalue weighted by Gasteiger charge is 2.30. The van der Waals surface area contributed by atoms with Gasteiger partial charge < -0.3 is 5.73 Å². The maximum Gasteiger partial charge on any atom is 0.165 e. The van der Waals surface area contributed by atoms with Gasteiger partial charge in [0.15, 0.2) is 5.78 Å². The average molecular weight is 230 g/mol. The molecular formula is C10H9Cl2NO. The molecule has 0 spiro atoms. The third-order valence-corrected chi connectivity index (χ3v) is 3.04. The third kappa shape index (κ3) is 1.44. The number of fused-ring (bicyclic) bond motifs is 1. The molecule has 0 fully saturated rings. The summed E-state index contributed by atoms with van der Waals surface area (Å²) >= 11 is 11.8. The Morgan fingerprint density at radius 3 is 2.79 bits per heavy atom. The fourth-order valence-corrected chi connectivity index (χ4v) is 2.47. The van der Waals surface area contributed by atoms with Crippen molar-refractivity contribution in [2.45, 2.75) is 12.3 Å². The predicted octanol–water partition coefficient (Wildman–Crippen LogP) is 2.62. The van der Waals surface area contributed by atoms with Crippen molar-refractivity contribution < 1.29 is 4.79 Å². The van der Waals surface area contributed by atoms with Crippen molar-refractivity contribution in [1.82, 2.24) is 0 Å². The molecule has 74 valence electrons. The molecule has 1 aliphatic rings. The molecule has 2 N–H and O–H groups in total. The van der Waals surface area contributed by atoms with Crippen molar-refractivity contribution in [2.24, 2.45) is 5.73 Å². The Morgan fingerprint density at radius 1 is 1.43 bits per heavy atom. The number of rotatable bonds is 1. The van der Waals surface area contributed by atoms with Crippen LogP contribution in [-0.2, 0) is 0 Å². The fraction of sp³-hybridized carbons (Fsp3) is 0.300. The first kappa shape index (κ1) is 9.97. The van der Waals surface area contributed by atoms with Crippen LogP contribution >= 0.6 is 23.2 Å². The summed E-state index contributed by atoms with van der Waals surface area (Å²) in [6, 6.07) is 3.38. The van der Waals surface area contributed by atoms with Gasteiger partial charge in [0.2, 0.25) is 0 Å². The van der Waals surface area contributed by atoms with Gasteiger partial charge in [-0.3, -0.25) is 4.79 Å². The Morgan fingerprint density at radius 2 is 2.14 bits per heavy atom. The Balaban J connectivity index is 2.62. The minimum atomic E-state index is 0.0668. The molecule has 0 radical (unpaired) electrons. The molecule has 1 unspecified atom stereocenters. The number of benzene rings is 1. The summed E-state index contributed by atoms with van der Waals surface area (Å²) in [5.41, 5.74) is 7.07. The van der Waals surface area contributed by atoms with Gasteiger partial charge in [0.1, 0.15) is 0 Å². The fourth-order valence-electron chi connectivity index (χ4n) is 1.86. The molecule has 2 nitrogen and oxygen atoms in total. The smallest absolute Gasteiger partial charge is 0.165 e. The van der Waals surface area contributed by atoms with Gasteiger partial charge in [-0.05, 0) is 24.2 Å². The van der Waals surface area contributed by atoms with Gasteiger partial charge in [0, 0.05) is 22.9 Å². The molecule has 0 heterocycles. The molecule has 0 saturated heterocycles. The number of carbonyl (C=O) groups excluding carboxylic acids is 1. The predicted molar refractivity (Wildman–Crippen MR) is 57.2 cm³/mol. The standard InChI is InChI=1S/C10H9Cl2NO/c11-6-2-7-5(4-13)1-9(14)10(7)8(12)3-6/h2-3,5H,1,4,13H2. The van der Waals surface area contributed by atoms with Crippen LogP contribution < -0.4 is 5.73 Å². The van der Waals surface area contributed by atoms with E-state index in [2.05, 4.69) is 0 Å². The lowest BCUT2D eigenvalue weighted by atomic mass is 10.0. The molecule has 1 atom stereocenters. The Bertz CT molecular complexity index is 403. The molecule has 1 aromatic carbocycles. The Hall–Kier alpha value is -0.570. The second-order valence-corrected chi connectivity index (χ2v) is 4.26. The summed E-state index contributed by atoms with van der Waals surface area (Å²) < 4.78 is 0. The monoisotopic (exact) mass is 229 g/mol. The zero-order valence-electron chi connectivity index (χ0n) is 7.39. The highest BCUT2D eigenvalue weighted by Crippen LogP contribution is 2.38. The maximum atomic E-state index is 11.6. The quantitative estimate of drug-likeness (QED) is 0.805.